The van der Waals surface area contributed by atoms with E-state index in [1.54, 1.807) is 18.2 Å². The molecule has 1 aliphatic carbocycles. The number of primary amides is 1. The number of hydrogen-bond donors (Lipinski definition) is 3. The Morgan fingerprint density at radius 3 is 2.62 bits per heavy atom. The summed E-state index contributed by atoms with van der Waals surface area (Å²) in [5, 5.41) is 3.39. The van der Waals surface area contributed by atoms with E-state index >= 15 is 0 Å². The molecule has 0 spiro atoms. The zero-order chi connectivity index (χ0) is 11.8. The lowest BCUT2D eigenvalue weighted by Crippen LogP contribution is -2.41. The van der Waals surface area contributed by atoms with Crippen molar-refractivity contribution in [3.63, 3.8) is 0 Å². The highest BCUT2D eigenvalue weighted by Crippen LogP contribution is 2.36. The number of amides is 1. The Bertz CT molecular complexity index is 424. The molecule has 4 heteroatoms. The van der Waals surface area contributed by atoms with Gasteiger partial charge in [-0.3, -0.25) is 4.79 Å². The topological polar surface area (TPSA) is 81.1 Å². The Kier molecular flexibility index (Phi) is 2.50. The van der Waals surface area contributed by atoms with Crippen LogP contribution in [0.3, 0.4) is 0 Å². The molecule has 5 N–H and O–H groups in total. The maximum absolute atomic E-state index is 11.1. The average molecular weight is 219 g/mol. The zero-order valence-electron chi connectivity index (χ0n) is 9.42. The van der Waals surface area contributed by atoms with Crippen molar-refractivity contribution in [3.8, 4) is 0 Å². The lowest BCUT2D eigenvalue weighted by atomic mass is 9.78. The number of nitrogens with one attached hydrogen (secondary N) is 1. The highest BCUT2D eigenvalue weighted by Gasteiger charge is 2.31. The molecule has 0 atom stereocenters. The summed E-state index contributed by atoms with van der Waals surface area (Å²) < 4.78 is 0. The van der Waals surface area contributed by atoms with E-state index in [2.05, 4.69) is 12.2 Å². The van der Waals surface area contributed by atoms with Gasteiger partial charge in [-0.25, -0.2) is 0 Å². The van der Waals surface area contributed by atoms with Crippen LogP contribution >= 0.6 is 0 Å². The summed E-state index contributed by atoms with van der Waals surface area (Å²) in [5.41, 5.74) is 13.2. The number of benzene rings is 1. The van der Waals surface area contributed by atoms with Gasteiger partial charge in [0.05, 0.1) is 11.4 Å². The Morgan fingerprint density at radius 1 is 1.44 bits per heavy atom. The normalized spacial score (nSPS) is 17.6. The summed E-state index contributed by atoms with van der Waals surface area (Å²) in [4.78, 5) is 11.1. The second-order valence-corrected chi connectivity index (χ2v) is 4.71. The van der Waals surface area contributed by atoms with E-state index in [-0.39, 0.29) is 5.54 Å². The van der Waals surface area contributed by atoms with E-state index in [0.29, 0.717) is 11.3 Å². The van der Waals surface area contributed by atoms with Gasteiger partial charge < -0.3 is 16.8 Å². The fourth-order valence-corrected chi connectivity index (χ4v) is 1.98. The van der Waals surface area contributed by atoms with Crippen molar-refractivity contribution in [2.45, 2.75) is 31.7 Å². The van der Waals surface area contributed by atoms with Crippen LogP contribution in [0, 0.1) is 0 Å². The van der Waals surface area contributed by atoms with Crippen LogP contribution in [0.5, 0.6) is 0 Å². The van der Waals surface area contributed by atoms with Crippen molar-refractivity contribution in [2.75, 3.05) is 11.1 Å². The third kappa shape index (κ3) is 1.96. The molecule has 0 aliphatic heterocycles. The van der Waals surface area contributed by atoms with Gasteiger partial charge in [0, 0.05) is 11.1 Å². The molecule has 0 radical (unpaired) electrons. The molecular weight excluding hydrogens is 202 g/mol. The standard InChI is InChI=1S/C12H17N3O/c1-12(5-2-6-12)15-10-7-8(11(14)16)3-4-9(10)13/h3-4,7,15H,2,5-6,13H2,1H3,(H2,14,16). The van der Waals surface area contributed by atoms with Crippen molar-refractivity contribution in [2.24, 2.45) is 5.73 Å². The maximum atomic E-state index is 11.1. The van der Waals surface area contributed by atoms with Crippen LogP contribution in [-0.4, -0.2) is 11.4 Å². The maximum Gasteiger partial charge on any atom is 0.248 e. The predicted molar refractivity (Wildman–Crippen MR) is 65.3 cm³/mol. The van der Waals surface area contributed by atoms with Crippen molar-refractivity contribution < 1.29 is 4.79 Å². The predicted octanol–water partition coefficient (Wildman–Crippen LogP) is 1.72. The van der Waals surface area contributed by atoms with Gasteiger partial charge >= 0.3 is 0 Å². The summed E-state index contributed by atoms with van der Waals surface area (Å²) in [5.74, 6) is -0.429. The molecule has 1 fully saturated rings. The summed E-state index contributed by atoms with van der Waals surface area (Å²) >= 11 is 0. The molecule has 0 bridgehead atoms. The van der Waals surface area contributed by atoms with Crippen molar-refractivity contribution in [3.05, 3.63) is 23.8 Å². The zero-order valence-corrected chi connectivity index (χ0v) is 9.42. The van der Waals surface area contributed by atoms with Crippen LogP contribution in [0.4, 0.5) is 11.4 Å². The van der Waals surface area contributed by atoms with E-state index in [1.165, 1.54) is 6.42 Å². The Labute approximate surface area is 95.0 Å². The van der Waals surface area contributed by atoms with Crippen LogP contribution in [0.25, 0.3) is 0 Å². The largest absolute Gasteiger partial charge is 0.397 e. The van der Waals surface area contributed by atoms with Gasteiger partial charge in [0.25, 0.3) is 0 Å². The van der Waals surface area contributed by atoms with E-state index in [4.69, 9.17) is 11.5 Å². The smallest absolute Gasteiger partial charge is 0.248 e. The summed E-state index contributed by atoms with van der Waals surface area (Å²) in [6.45, 7) is 2.16. The number of carbonyl (C=O) groups is 1. The van der Waals surface area contributed by atoms with Crippen molar-refractivity contribution in [1.82, 2.24) is 0 Å². The van der Waals surface area contributed by atoms with E-state index in [0.717, 1.165) is 18.5 Å². The molecule has 1 amide bonds. The van der Waals surface area contributed by atoms with E-state index in [9.17, 15) is 4.79 Å². The van der Waals surface area contributed by atoms with Gasteiger partial charge in [0.2, 0.25) is 5.91 Å². The molecule has 1 aromatic rings. The first-order chi connectivity index (χ1) is 7.50. The second kappa shape index (κ2) is 3.70. The Morgan fingerprint density at radius 2 is 2.12 bits per heavy atom. The fraction of sp³-hybridized carbons (Fsp3) is 0.417. The molecule has 1 aliphatic rings. The molecular formula is C12H17N3O. The van der Waals surface area contributed by atoms with Gasteiger partial charge in [0.1, 0.15) is 0 Å². The van der Waals surface area contributed by atoms with Gasteiger partial charge in [-0.1, -0.05) is 0 Å². The Hall–Kier alpha value is -1.71. The first-order valence-corrected chi connectivity index (χ1v) is 5.48. The minimum absolute atomic E-state index is 0.115. The second-order valence-electron chi connectivity index (χ2n) is 4.71. The van der Waals surface area contributed by atoms with Gasteiger partial charge in [0.15, 0.2) is 0 Å². The molecule has 4 nitrogen and oxygen atoms in total. The number of carbonyl (C=O) groups excluding carboxylic acids is 1. The number of hydrogen-bond acceptors (Lipinski definition) is 3. The summed E-state index contributed by atoms with van der Waals surface area (Å²) in [6, 6.07) is 5.08. The first kappa shape index (κ1) is 10.8. The van der Waals surface area contributed by atoms with E-state index in [1.807, 2.05) is 0 Å². The van der Waals surface area contributed by atoms with Crippen molar-refractivity contribution in [1.29, 1.82) is 0 Å². The minimum atomic E-state index is -0.429. The Balaban J connectivity index is 2.25. The van der Waals surface area contributed by atoms with Crippen LogP contribution in [0.15, 0.2) is 18.2 Å². The van der Waals surface area contributed by atoms with Crippen molar-refractivity contribution >= 4 is 17.3 Å². The van der Waals surface area contributed by atoms with Crippen LogP contribution in [-0.2, 0) is 0 Å². The molecule has 16 heavy (non-hydrogen) atoms. The molecule has 1 saturated carbocycles. The first-order valence-electron chi connectivity index (χ1n) is 5.48. The monoisotopic (exact) mass is 219 g/mol. The summed E-state index contributed by atoms with van der Waals surface area (Å²) in [6.07, 6.45) is 3.50. The molecule has 0 heterocycles. The van der Waals surface area contributed by atoms with Gasteiger partial charge in [-0.2, -0.15) is 0 Å². The third-order valence-electron chi connectivity index (χ3n) is 3.23. The quantitative estimate of drug-likeness (QED) is 0.677. The van der Waals surface area contributed by atoms with Crippen LogP contribution in [0.2, 0.25) is 0 Å². The fourth-order valence-electron chi connectivity index (χ4n) is 1.98. The molecule has 1 aromatic carbocycles. The SMILES string of the molecule is CC1(Nc2cc(C(N)=O)ccc2N)CCC1. The van der Waals surface area contributed by atoms with Crippen LogP contribution < -0.4 is 16.8 Å². The number of anilines is 2. The highest BCUT2D eigenvalue weighted by molar-refractivity contribution is 5.95. The van der Waals surface area contributed by atoms with Gasteiger partial charge in [-0.15, -0.1) is 0 Å². The summed E-state index contributed by atoms with van der Waals surface area (Å²) in [7, 11) is 0. The van der Waals surface area contributed by atoms with E-state index < -0.39 is 5.91 Å². The lowest BCUT2D eigenvalue weighted by molar-refractivity contribution is 0.100. The lowest BCUT2D eigenvalue weighted by Gasteiger charge is -2.40. The highest BCUT2D eigenvalue weighted by atomic mass is 16.1. The number of nitrogens with two attached hydrogens (primary N) is 2. The minimum Gasteiger partial charge on any atom is -0.397 e. The third-order valence-corrected chi connectivity index (χ3v) is 3.23. The average Bonchev–Trinajstić information content (AvgIpc) is 2.18. The molecule has 2 rings (SSSR count). The number of nitrogen functional groups attached to an aromatic ring is 1. The molecule has 0 saturated heterocycles. The molecule has 0 unspecified atom stereocenters. The van der Waals surface area contributed by atoms with Gasteiger partial charge in [-0.05, 0) is 44.4 Å². The molecule has 0 aromatic heterocycles. The van der Waals surface area contributed by atoms with Crippen LogP contribution in [0.1, 0.15) is 36.5 Å². The molecule has 86 valence electrons. The number of rotatable bonds is 3.